The number of amides is 1. The highest BCUT2D eigenvalue weighted by molar-refractivity contribution is 7.91. The van der Waals surface area contributed by atoms with Crippen molar-refractivity contribution in [3.05, 3.63) is 29.3 Å². The van der Waals surface area contributed by atoms with Gasteiger partial charge in [0.25, 0.3) is 5.91 Å². The monoisotopic (exact) mass is 400 g/mol. The number of rotatable bonds is 8. The molecule has 1 atom stereocenters. The first-order valence-electron chi connectivity index (χ1n) is 7.86. The Morgan fingerprint density at radius 1 is 1.31 bits per heavy atom. The fraction of sp³-hybridized carbons (Fsp3) is 0.471. The summed E-state index contributed by atoms with van der Waals surface area (Å²) in [5.41, 5.74) is -1.08. The lowest BCUT2D eigenvalue weighted by Gasteiger charge is -2.27. The maximum Gasteiger partial charge on any atom is 0.307 e. The Balaban J connectivity index is 2.51. The zero-order chi connectivity index (χ0) is 20.0. The summed E-state index contributed by atoms with van der Waals surface area (Å²) in [6.45, 7) is 4.54. The second-order valence-corrected chi connectivity index (χ2v) is 8.75. The van der Waals surface area contributed by atoms with E-state index < -0.39 is 46.0 Å². The zero-order valence-electron chi connectivity index (χ0n) is 14.8. The van der Waals surface area contributed by atoms with Gasteiger partial charge in [0.05, 0.1) is 23.1 Å². The molecule has 9 heteroatoms. The maximum absolute atomic E-state index is 12.1. The van der Waals surface area contributed by atoms with E-state index >= 15 is 0 Å². The zero-order valence-corrected chi connectivity index (χ0v) is 16.4. The SMILES string of the molecule is CC(C)[C@](C)(C#N)NC(=O)COC(=O)CCS(=O)(=O)c1ccc(Cl)cc1. The molecule has 0 saturated heterocycles. The van der Waals surface area contributed by atoms with Gasteiger partial charge in [-0.25, -0.2) is 8.42 Å². The smallest absolute Gasteiger partial charge is 0.307 e. The number of halogens is 1. The third-order valence-corrected chi connectivity index (χ3v) is 5.88. The summed E-state index contributed by atoms with van der Waals surface area (Å²) >= 11 is 5.71. The van der Waals surface area contributed by atoms with Crippen molar-refractivity contribution >= 4 is 33.3 Å². The van der Waals surface area contributed by atoms with Crippen molar-refractivity contribution in [1.82, 2.24) is 5.32 Å². The summed E-state index contributed by atoms with van der Waals surface area (Å²) in [6, 6.07) is 7.59. The number of carbonyl (C=O) groups is 2. The number of sulfone groups is 1. The van der Waals surface area contributed by atoms with Gasteiger partial charge in [-0.3, -0.25) is 9.59 Å². The Morgan fingerprint density at radius 2 is 1.88 bits per heavy atom. The van der Waals surface area contributed by atoms with Crippen LogP contribution in [0.25, 0.3) is 0 Å². The summed E-state index contributed by atoms with van der Waals surface area (Å²) in [5.74, 6) is -2.04. The number of nitrogens with one attached hydrogen (secondary N) is 1. The molecule has 0 heterocycles. The molecular formula is C17H21ClN2O5S. The van der Waals surface area contributed by atoms with Crippen LogP contribution in [0.1, 0.15) is 27.2 Å². The van der Waals surface area contributed by atoms with Crippen LogP contribution in [0, 0.1) is 17.2 Å². The van der Waals surface area contributed by atoms with Gasteiger partial charge >= 0.3 is 5.97 Å². The van der Waals surface area contributed by atoms with Crippen LogP contribution in [-0.2, 0) is 24.2 Å². The van der Waals surface area contributed by atoms with Crippen molar-refractivity contribution < 1.29 is 22.7 Å². The minimum absolute atomic E-state index is 0.0502. The third kappa shape index (κ3) is 6.32. The first-order valence-corrected chi connectivity index (χ1v) is 9.89. The van der Waals surface area contributed by atoms with Crippen LogP contribution in [0.5, 0.6) is 0 Å². The first-order chi connectivity index (χ1) is 12.0. The highest BCUT2D eigenvalue weighted by Crippen LogP contribution is 2.16. The molecule has 7 nitrogen and oxygen atoms in total. The molecule has 0 aliphatic carbocycles. The van der Waals surface area contributed by atoms with Gasteiger partial charge in [-0.15, -0.1) is 0 Å². The van der Waals surface area contributed by atoms with E-state index in [0.717, 1.165) is 0 Å². The molecule has 26 heavy (non-hydrogen) atoms. The van der Waals surface area contributed by atoms with E-state index in [0.29, 0.717) is 5.02 Å². The molecular weight excluding hydrogens is 380 g/mol. The van der Waals surface area contributed by atoms with Crippen LogP contribution < -0.4 is 5.32 Å². The van der Waals surface area contributed by atoms with Crippen molar-refractivity contribution in [2.24, 2.45) is 5.92 Å². The molecule has 0 aromatic heterocycles. The highest BCUT2D eigenvalue weighted by atomic mass is 35.5. The lowest BCUT2D eigenvalue weighted by molar-refractivity contribution is -0.148. The summed E-state index contributed by atoms with van der Waals surface area (Å²) in [5, 5.41) is 12.0. The van der Waals surface area contributed by atoms with E-state index in [1.54, 1.807) is 20.8 Å². The fourth-order valence-corrected chi connectivity index (χ4v) is 3.17. The van der Waals surface area contributed by atoms with Gasteiger partial charge in [-0.05, 0) is 37.1 Å². The Labute approximate surface area is 158 Å². The molecule has 1 aromatic carbocycles. The second kappa shape index (κ2) is 9.01. The second-order valence-electron chi connectivity index (χ2n) is 6.20. The van der Waals surface area contributed by atoms with Gasteiger partial charge in [0, 0.05) is 5.02 Å². The summed E-state index contributed by atoms with van der Waals surface area (Å²) in [4.78, 5) is 23.6. The number of benzene rings is 1. The van der Waals surface area contributed by atoms with E-state index in [1.807, 2.05) is 6.07 Å². The minimum atomic E-state index is -3.66. The van der Waals surface area contributed by atoms with Crippen LogP contribution >= 0.6 is 11.6 Å². The summed E-state index contributed by atoms with van der Waals surface area (Å²) < 4.78 is 29.0. The van der Waals surface area contributed by atoms with Gasteiger partial charge in [0.2, 0.25) is 0 Å². The molecule has 0 aliphatic rings. The average Bonchev–Trinajstić information content (AvgIpc) is 2.58. The lowest BCUT2D eigenvalue weighted by atomic mass is 9.90. The fourth-order valence-electron chi connectivity index (χ4n) is 1.82. The van der Waals surface area contributed by atoms with Crippen molar-refractivity contribution in [3.63, 3.8) is 0 Å². The predicted octanol–water partition coefficient (Wildman–Crippen LogP) is 2.10. The van der Waals surface area contributed by atoms with E-state index in [1.165, 1.54) is 24.3 Å². The Morgan fingerprint density at radius 3 is 2.38 bits per heavy atom. The Hall–Kier alpha value is -2.11. The molecule has 0 bridgehead atoms. The van der Waals surface area contributed by atoms with Gasteiger partial charge in [-0.2, -0.15) is 5.26 Å². The van der Waals surface area contributed by atoms with Gasteiger partial charge in [0.15, 0.2) is 16.4 Å². The van der Waals surface area contributed by atoms with Crippen LogP contribution in [0.4, 0.5) is 0 Å². The molecule has 0 radical (unpaired) electrons. The predicted molar refractivity (Wildman–Crippen MR) is 96.1 cm³/mol. The number of hydrogen-bond donors (Lipinski definition) is 1. The van der Waals surface area contributed by atoms with E-state index in [4.69, 9.17) is 21.6 Å². The maximum atomic E-state index is 12.1. The standard InChI is InChI=1S/C17H21ClN2O5S/c1-12(2)17(3,11-19)20-15(21)10-25-16(22)8-9-26(23,24)14-6-4-13(18)5-7-14/h4-7,12H,8-10H2,1-3H3,(H,20,21)/t17-/m0/s1. The van der Waals surface area contributed by atoms with Crippen molar-refractivity contribution in [3.8, 4) is 6.07 Å². The Bertz CT molecular complexity index is 799. The highest BCUT2D eigenvalue weighted by Gasteiger charge is 2.30. The van der Waals surface area contributed by atoms with Crippen molar-refractivity contribution in [1.29, 1.82) is 5.26 Å². The summed E-state index contributed by atoms with van der Waals surface area (Å²) in [7, 11) is -3.66. The van der Waals surface area contributed by atoms with Crippen LogP contribution in [-0.4, -0.2) is 38.2 Å². The number of esters is 1. The molecule has 0 unspecified atom stereocenters. The van der Waals surface area contributed by atoms with E-state index in [9.17, 15) is 18.0 Å². The number of nitrogens with zero attached hydrogens (tertiary/aromatic N) is 1. The quantitative estimate of drug-likeness (QED) is 0.668. The Kier molecular flexibility index (Phi) is 7.60. The third-order valence-electron chi connectivity index (χ3n) is 3.90. The molecule has 1 aromatic rings. The molecule has 0 saturated carbocycles. The van der Waals surface area contributed by atoms with Crippen LogP contribution in [0.3, 0.4) is 0 Å². The average molecular weight is 401 g/mol. The normalized spacial score (nSPS) is 13.5. The van der Waals surface area contributed by atoms with Gasteiger partial charge in [-0.1, -0.05) is 25.4 Å². The number of hydrogen-bond acceptors (Lipinski definition) is 6. The van der Waals surface area contributed by atoms with Crippen molar-refractivity contribution in [2.75, 3.05) is 12.4 Å². The van der Waals surface area contributed by atoms with E-state index in [-0.39, 0.29) is 10.8 Å². The molecule has 1 amide bonds. The van der Waals surface area contributed by atoms with Crippen molar-refractivity contribution in [2.45, 2.75) is 37.6 Å². The number of carbonyl (C=O) groups excluding carboxylic acids is 2. The molecule has 0 spiro atoms. The van der Waals surface area contributed by atoms with Gasteiger partial charge in [0.1, 0.15) is 5.54 Å². The molecule has 0 aliphatic heterocycles. The van der Waals surface area contributed by atoms with Gasteiger partial charge < -0.3 is 10.1 Å². The molecule has 0 fully saturated rings. The lowest BCUT2D eigenvalue weighted by Crippen LogP contribution is -2.50. The minimum Gasteiger partial charge on any atom is -0.456 e. The first kappa shape index (κ1) is 21.9. The molecule has 1 rings (SSSR count). The summed E-state index contributed by atoms with van der Waals surface area (Å²) in [6.07, 6.45) is -0.391. The van der Waals surface area contributed by atoms with Crippen LogP contribution in [0.15, 0.2) is 29.2 Å². The molecule has 1 N–H and O–H groups in total. The van der Waals surface area contributed by atoms with E-state index in [2.05, 4.69) is 5.32 Å². The largest absolute Gasteiger partial charge is 0.456 e. The molecule has 142 valence electrons. The number of nitriles is 1. The number of ether oxygens (including phenoxy) is 1. The topological polar surface area (TPSA) is 113 Å². The van der Waals surface area contributed by atoms with Crippen LogP contribution in [0.2, 0.25) is 5.02 Å².